The maximum absolute atomic E-state index is 12.6. The molecular formula is C21H28N4O5. The monoisotopic (exact) mass is 416 g/mol. The van der Waals surface area contributed by atoms with Crippen LogP contribution in [-0.2, 0) is 14.3 Å². The molecular weight excluding hydrogens is 388 g/mol. The number of nitrogens with one attached hydrogen (secondary N) is 2. The minimum atomic E-state index is -0.737. The van der Waals surface area contributed by atoms with Crippen LogP contribution in [0.3, 0.4) is 0 Å². The van der Waals surface area contributed by atoms with Gasteiger partial charge in [0.25, 0.3) is 0 Å². The fourth-order valence-corrected chi connectivity index (χ4v) is 4.28. The minimum absolute atomic E-state index is 0.0143. The molecule has 1 saturated heterocycles. The summed E-state index contributed by atoms with van der Waals surface area (Å²) in [5, 5.41) is 6.31. The van der Waals surface area contributed by atoms with Crippen LogP contribution in [0.15, 0.2) is 18.3 Å². The van der Waals surface area contributed by atoms with Crippen LogP contribution in [0.5, 0.6) is 11.5 Å². The number of aromatic nitrogens is 2. The van der Waals surface area contributed by atoms with Gasteiger partial charge in [-0.25, -0.2) is 4.98 Å². The highest BCUT2D eigenvalue weighted by Gasteiger charge is 2.56. The molecule has 1 aromatic heterocycles. The van der Waals surface area contributed by atoms with Crippen LogP contribution in [0.4, 0.5) is 5.82 Å². The van der Waals surface area contributed by atoms with Crippen LogP contribution in [0.2, 0.25) is 0 Å². The van der Waals surface area contributed by atoms with E-state index in [1.165, 1.54) is 0 Å². The Morgan fingerprint density at radius 3 is 2.50 bits per heavy atom. The lowest BCUT2D eigenvalue weighted by atomic mass is 10.0. The molecule has 2 N–H and O–H groups in total. The van der Waals surface area contributed by atoms with Gasteiger partial charge in [0.05, 0.1) is 43.4 Å². The zero-order valence-electron chi connectivity index (χ0n) is 17.9. The molecule has 4 atom stereocenters. The predicted molar refractivity (Wildman–Crippen MR) is 111 cm³/mol. The number of rotatable bonds is 6. The van der Waals surface area contributed by atoms with Gasteiger partial charge in [-0.15, -0.1) is 0 Å². The quantitative estimate of drug-likeness (QED) is 0.738. The van der Waals surface area contributed by atoms with Crippen LogP contribution in [0.1, 0.15) is 27.2 Å². The summed E-state index contributed by atoms with van der Waals surface area (Å²) >= 11 is 0. The minimum Gasteiger partial charge on any atom is -0.493 e. The highest BCUT2D eigenvalue weighted by atomic mass is 16.8. The number of nitrogens with zero attached hydrogens (tertiary/aromatic N) is 2. The van der Waals surface area contributed by atoms with Gasteiger partial charge in [0.15, 0.2) is 17.3 Å². The van der Waals surface area contributed by atoms with Gasteiger partial charge in [0.2, 0.25) is 5.91 Å². The first-order chi connectivity index (χ1) is 14.3. The fraction of sp³-hybridized carbons (Fsp3) is 0.571. The summed E-state index contributed by atoms with van der Waals surface area (Å²) in [7, 11) is 3.17. The van der Waals surface area contributed by atoms with Crippen molar-refractivity contribution in [3.63, 3.8) is 0 Å². The Morgan fingerprint density at radius 1 is 1.17 bits per heavy atom. The first kappa shape index (κ1) is 20.6. The number of amides is 1. The number of fused-ring (bicyclic) bond motifs is 2. The normalized spacial score (nSPS) is 27.0. The Morgan fingerprint density at radius 2 is 1.83 bits per heavy atom. The zero-order chi connectivity index (χ0) is 21.5. The number of hydrogen-bond donors (Lipinski definition) is 2. The third kappa shape index (κ3) is 3.75. The van der Waals surface area contributed by atoms with Crippen molar-refractivity contribution in [1.29, 1.82) is 0 Å². The summed E-state index contributed by atoms with van der Waals surface area (Å²) in [6.07, 6.45) is 1.70. The van der Waals surface area contributed by atoms with E-state index in [0.29, 0.717) is 41.3 Å². The maximum Gasteiger partial charge on any atom is 0.225 e. The molecule has 1 aliphatic heterocycles. The standard InChI is InChI=1S/C21H28N4O5/c1-6-22-20(26)11-7-14(19-18(11)29-21(2,3)30-19)25-17-10-23-12-8-15(27-4)16(28-5)9-13(12)24-17/h8-11,14,18-19H,6-7H2,1-5H3,(H,22,26)(H,24,25)/t11-,14+,18+,19-/m0/s1. The van der Waals surface area contributed by atoms with E-state index in [1.54, 1.807) is 32.5 Å². The Kier molecular flexibility index (Phi) is 5.42. The largest absolute Gasteiger partial charge is 0.493 e. The van der Waals surface area contributed by atoms with Crippen molar-refractivity contribution >= 4 is 22.8 Å². The van der Waals surface area contributed by atoms with Gasteiger partial charge >= 0.3 is 0 Å². The van der Waals surface area contributed by atoms with Gasteiger partial charge in [0.1, 0.15) is 18.0 Å². The van der Waals surface area contributed by atoms with Crippen molar-refractivity contribution in [2.75, 3.05) is 26.1 Å². The van der Waals surface area contributed by atoms with Crippen molar-refractivity contribution in [3.05, 3.63) is 18.3 Å². The van der Waals surface area contributed by atoms with Gasteiger partial charge in [-0.1, -0.05) is 0 Å². The molecule has 0 spiro atoms. The maximum atomic E-state index is 12.6. The first-order valence-corrected chi connectivity index (χ1v) is 10.1. The summed E-state index contributed by atoms with van der Waals surface area (Å²) < 4.78 is 22.9. The van der Waals surface area contributed by atoms with E-state index >= 15 is 0 Å². The molecule has 9 heteroatoms. The smallest absolute Gasteiger partial charge is 0.225 e. The molecule has 1 aliphatic carbocycles. The van der Waals surface area contributed by atoms with E-state index in [1.807, 2.05) is 20.8 Å². The topological polar surface area (TPSA) is 104 Å². The molecule has 2 fully saturated rings. The molecule has 9 nitrogen and oxygen atoms in total. The number of anilines is 1. The van der Waals surface area contributed by atoms with Crippen LogP contribution in [0.25, 0.3) is 11.0 Å². The Labute approximate surface area is 175 Å². The van der Waals surface area contributed by atoms with E-state index in [4.69, 9.17) is 18.9 Å². The van der Waals surface area contributed by atoms with Crippen molar-refractivity contribution in [2.45, 2.75) is 51.2 Å². The molecule has 2 aromatic rings. The Hall–Kier alpha value is -2.65. The SMILES string of the molecule is CCNC(=O)[C@H]1C[C@@H](Nc2cnc3cc(OC)c(OC)cc3n2)[C@@H]2OC(C)(C)O[C@@H]21. The highest BCUT2D eigenvalue weighted by Crippen LogP contribution is 2.42. The molecule has 2 heterocycles. The highest BCUT2D eigenvalue weighted by molar-refractivity contribution is 5.81. The van der Waals surface area contributed by atoms with E-state index in [0.717, 1.165) is 0 Å². The second-order valence-electron chi connectivity index (χ2n) is 8.00. The summed E-state index contributed by atoms with van der Waals surface area (Å²) in [5.41, 5.74) is 1.38. The van der Waals surface area contributed by atoms with Gasteiger partial charge in [0, 0.05) is 18.7 Å². The summed E-state index contributed by atoms with van der Waals surface area (Å²) in [6, 6.07) is 3.45. The third-order valence-corrected chi connectivity index (χ3v) is 5.53. The molecule has 2 aliphatic rings. The number of ether oxygens (including phenoxy) is 4. The number of carbonyl (C=O) groups is 1. The van der Waals surface area contributed by atoms with Gasteiger partial charge in [-0.3, -0.25) is 9.78 Å². The van der Waals surface area contributed by atoms with Crippen molar-refractivity contribution in [2.24, 2.45) is 5.92 Å². The number of carbonyl (C=O) groups excluding carboxylic acids is 1. The van der Waals surface area contributed by atoms with Crippen LogP contribution in [-0.4, -0.2) is 60.7 Å². The van der Waals surface area contributed by atoms with E-state index < -0.39 is 5.79 Å². The first-order valence-electron chi connectivity index (χ1n) is 10.1. The summed E-state index contributed by atoms with van der Waals surface area (Å²) in [5.74, 6) is 0.749. The summed E-state index contributed by atoms with van der Waals surface area (Å²) in [6.45, 7) is 6.22. The summed E-state index contributed by atoms with van der Waals surface area (Å²) in [4.78, 5) is 21.7. The van der Waals surface area contributed by atoms with Crippen molar-refractivity contribution in [3.8, 4) is 11.5 Å². The molecule has 0 bridgehead atoms. The van der Waals surface area contributed by atoms with E-state index in [-0.39, 0.29) is 30.1 Å². The molecule has 1 amide bonds. The van der Waals surface area contributed by atoms with Gasteiger partial charge in [-0.05, 0) is 27.2 Å². The molecule has 0 unspecified atom stereocenters. The third-order valence-electron chi connectivity index (χ3n) is 5.53. The lowest BCUT2D eigenvalue weighted by Gasteiger charge is -2.24. The van der Waals surface area contributed by atoms with Gasteiger partial charge in [-0.2, -0.15) is 0 Å². The van der Waals surface area contributed by atoms with Crippen molar-refractivity contribution < 1.29 is 23.7 Å². The number of methoxy groups -OCH3 is 2. The molecule has 1 aromatic carbocycles. The number of benzene rings is 1. The average molecular weight is 416 g/mol. The number of hydrogen-bond acceptors (Lipinski definition) is 8. The zero-order valence-corrected chi connectivity index (χ0v) is 17.9. The van der Waals surface area contributed by atoms with Crippen LogP contribution >= 0.6 is 0 Å². The van der Waals surface area contributed by atoms with Gasteiger partial charge < -0.3 is 29.6 Å². The van der Waals surface area contributed by atoms with E-state index in [2.05, 4.69) is 20.6 Å². The molecule has 4 rings (SSSR count). The van der Waals surface area contributed by atoms with Crippen molar-refractivity contribution in [1.82, 2.24) is 15.3 Å². The fourth-order valence-electron chi connectivity index (χ4n) is 4.28. The Balaban J connectivity index is 1.59. The molecule has 162 valence electrons. The van der Waals surface area contributed by atoms with Crippen LogP contribution < -0.4 is 20.1 Å². The molecule has 30 heavy (non-hydrogen) atoms. The second kappa shape index (κ2) is 7.88. The van der Waals surface area contributed by atoms with E-state index in [9.17, 15) is 4.79 Å². The molecule has 1 saturated carbocycles. The lowest BCUT2D eigenvalue weighted by Crippen LogP contribution is -2.37. The van der Waals surface area contributed by atoms with Crippen LogP contribution in [0, 0.1) is 5.92 Å². The average Bonchev–Trinajstić information content (AvgIpc) is 3.20. The molecule has 0 radical (unpaired) electrons. The Bertz CT molecular complexity index is 950. The lowest BCUT2D eigenvalue weighted by molar-refractivity contribution is -0.160. The predicted octanol–water partition coefficient (Wildman–Crippen LogP) is 2.10. The second-order valence-corrected chi connectivity index (χ2v) is 8.00.